The quantitative estimate of drug-likeness (QED) is 0.162. The summed E-state index contributed by atoms with van der Waals surface area (Å²) in [6.07, 6.45) is 0. The average molecular weight is 895 g/mol. The van der Waals surface area contributed by atoms with E-state index in [0.717, 1.165) is 103 Å². The summed E-state index contributed by atoms with van der Waals surface area (Å²) in [5.74, 6) is 0. The van der Waals surface area contributed by atoms with E-state index < -0.39 is 0 Å². The predicted molar refractivity (Wildman–Crippen MR) is 288 cm³/mol. The molecule has 0 N–H and O–H groups in total. The zero-order chi connectivity index (χ0) is 45.5. The standard InChI is InChI=1S/C62H34N6S/c1-64-58-47(36-63)59(68-54-32-16-8-24-43(54)45-34-46-44-25-9-17-33-56(44)69-57(46)35-55(45)68)61(66-50-28-12-4-20-39(50)40-21-5-13-29-51(40)66)62(67-52-30-14-6-22-41(52)42-23-7-15-31-53(42)67)60(58)65-48-26-10-2-18-37(48)38-19-3-11-27-49(38)65/h2-35H. The molecule has 318 valence electrons. The highest BCUT2D eigenvalue weighted by atomic mass is 32.1. The summed E-state index contributed by atoms with van der Waals surface area (Å²) in [6, 6.07) is 75.8. The molecule has 0 aliphatic heterocycles. The average Bonchev–Trinajstić information content (AvgIpc) is 4.20. The van der Waals surface area contributed by atoms with E-state index in [2.05, 4.69) is 235 Å². The normalized spacial score (nSPS) is 12.0. The Balaban J connectivity index is 1.28. The maximum atomic E-state index is 12.2. The van der Waals surface area contributed by atoms with Gasteiger partial charge in [-0.25, -0.2) is 4.85 Å². The molecule has 0 spiro atoms. The fraction of sp³-hybridized carbons (Fsp3) is 0. The molecule has 0 fully saturated rings. The molecule has 15 aromatic rings. The molecule has 0 amide bonds. The van der Waals surface area contributed by atoms with Gasteiger partial charge in [-0.05, 0) is 60.7 Å². The molecule has 0 unspecified atom stereocenters. The van der Waals surface area contributed by atoms with Gasteiger partial charge >= 0.3 is 0 Å². The molecule has 5 aromatic heterocycles. The van der Waals surface area contributed by atoms with Crippen LogP contribution in [0, 0.1) is 17.9 Å². The Morgan fingerprint density at radius 3 is 1.07 bits per heavy atom. The number of nitrogens with zero attached hydrogens (tertiary/aromatic N) is 6. The number of para-hydroxylation sites is 7. The second-order valence-corrected chi connectivity index (χ2v) is 18.9. The summed E-state index contributed by atoms with van der Waals surface area (Å²) < 4.78 is 11.7. The highest BCUT2D eigenvalue weighted by molar-refractivity contribution is 7.25. The zero-order valence-corrected chi connectivity index (χ0v) is 37.5. The van der Waals surface area contributed by atoms with Gasteiger partial charge in [0.2, 0.25) is 5.69 Å². The Labute approximate surface area is 398 Å². The fourth-order valence-corrected chi connectivity index (χ4v) is 12.8. The van der Waals surface area contributed by atoms with Gasteiger partial charge < -0.3 is 18.3 Å². The molecule has 0 aliphatic carbocycles. The lowest BCUT2D eigenvalue weighted by atomic mass is 10.0. The summed E-state index contributed by atoms with van der Waals surface area (Å²) in [6.45, 7) is 9.46. The zero-order valence-electron chi connectivity index (χ0n) is 36.7. The van der Waals surface area contributed by atoms with Crippen LogP contribution >= 0.6 is 11.3 Å². The molecule has 0 aliphatic rings. The first-order valence-electron chi connectivity index (χ1n) is 23.0. The molecule has 7 heteroatoms. The van der Waals surface area contributed by atoms with Crippen LogP contribution < -0.4 is 0 Å². The maximum Gasteiger partial charge on any atom is 0.232 e. The number of nitriles is 1. The van der Waals surface area contributed by atoms with Crippen molar-refractivity contribution in [3.63, 3.8) is 0 Å². The van der Waals surface area contributed by atoms with Gasteiger partial charge in [0.25, 0.3) is 0 Å². The van der Waals surface area contributed by atoms with E-state index in [-0.39, 0.29) is 5.69 Å². The van der Waals surface area contributed by atoms with Crippen molar-refractivity contribution in [1.82, 2.24) is 18.3 Å². The molecule has 10 aromatic carbocycles. The molecule has 5 heterocycles. The smallest absolute Gasteiger partial charge is 0.232 e. The summed E-state index contributed by atoms with van der Waals surface area (Å²) in [5, 5.41) is 23.2. The minimum absolute atomic E-state index is 0.272. The molecule has 6 nitrogen and oxygen atoms in total. The maximum absolute atomic E-state index is 12.2. The van der Waals surface area contributed by atoms with Gasteiger partial charge in [0.15, 0.2) is 0 Å². The van der Waals surface area contributed by atoms with E-state index in [9.17, 15) is 11.8 Å². The molecule has 15 rings (SSSR count). The summed E-state index contributed by atoms with van der Waals surface area (Å²) in [7, 11) is 0. The highest BCUT2D eigenvalue weighted by Gasteiger charge is 2.34. The van der Waals surface area contributed by atoms with Crippen LogP contribution in [0.15, 0.2) is 206 Å². The highest BCUT2D eigenvalue weighted by Crippen LogP contribution is 2.52. The van der Waals surface area contributed by atoms with E-state index in [4.69, 9.17) is 0 Å². The van der Waals surface area contributed by atoms with Gasteiger partial charge in [-0.2, -0.15) is 5.26 Å². The third-order valence-electron chi connectivity index (χ3n) is 14.4. The SMILES string of the molecule is [C-]#[N+]c1c(C#N)c(-n2c3ccccc3c3cc4c(cc32)sc2ccccc24)c(-n2c3ccccc3c3ccccc32)c(-n2c3ccccc3c3ccccc32)c1-n1c2ccccc2c2ccccc21. The van der Waals surface area contributed by atoms with Crippen molar-refractivity contribution in [1.29, 1.82) is 5.26 Å². The summed E-state index contributed by atoms with van der Waals surface area (Å²) in [4.78, 5) is 4.57. The topological polar surface area (TPSA) is 47.9 Å². The first kappa shape index (κ1) is 37.8. The number of hydrogen-bond donors (Lipinski definition) is 0. The van der Waals surface area contributed by atoms with Crippen LogP contribution in [-0.4, -0.2) is 18.3 Å². The third-order valence-corrected chi connectivity index (χ3v) is 15.5. The van der Waals surface area contributed by atoms with Crippen LogP contribution in [0.25, 0.3) is 135 Å². The Hall–Kier alpha value is -9.40. The monoisotopic (exact) mass is 894 g/mol. The van der Waals surface area contributed by atoms with Crippen LogP contribution in [0.1, 0.15) is 5.56 Å². The van der Waals surface area contributed by atoms with Crippen LogP contribution in [0.2, 0.25) is 0 Å². The molecular weight excluding hydrogens is 861 g/mol. The lowest BCUT2D eigenvalue weighted by Gasteiger charge is -2.28. The van der Waals surface area contributed by atoms with Crippen molar-refractivity contribution in [3.05, 3.63) is 223 Å². The Kier molecular flexibility index (Phi) is 7.70. The van der Waals surface area contributed by atoms with Gasteiger partial charge in [0, 0.05) is 63.3 Å². The van der Waals surface area contributed by atoms with Crippen LogP contribution in [0.3, 0.4) is 0 Å². The van der Waals surface area contributed by atoms with Crippen molar-refractivity contribution < 1.29 is 0 Å². The van der Waals surface area contributed by atoms with E-state index in [1.807, 2.05) is 0 Å². The van der Waals surface area contributed by atoms with Crippen molar-refractivity contribution in [2.45, 2.75) is 0 Å². The Bertz CT molecular complexity index is 4660. The van der Waals surface area contributed by atoms with Crippen molar-refractivity contribution in [3.8, 4) is 28.8 Å². The van der Waals surface area contributed by atoms with Crippen LogP contribution in [0.5, 0.6) is 0 Å². The number of hydrogen-bond acceptors (Lipinski definition) is 2. The van der Waals surface area contributed by atoms with Gasteiger partial charge in [0.05, 0.1) is 85.1 Å². The van der Waals surface area contributed by atoms with Gasteiger partial charge in [0.1, 0.15) is 0 Å². The molecule has 0 radical (unpaired) electrons. The lowest BCUT2D eigenvalue weighted by Crippen LogP contribution is -2.15. The second-order valence-electron chi connectivity index (χ2n) is 17.8. The van der Waals surface area contributed by atoms with Crippen molar-refractivity contribution in [2.75, 3.05) is 0 Å². The van der Waals surface area contributed by atoms with E-state index >= 15 is 0 Å². The molecule has 0 bridgehead atoms. The predicted octanol–water partition coefficient (Wildman–Crippen LogP) is 16.9. The lowest BCUT2D eigenvalue weighted by molar-refractivity contribution is 1.02. The first-order valence-corrected chi connectivity index (χ1v) is 23.9. The van der Waals surface area contributed by atoms with Gasteiger partial charge in [-0.15, -0.1) is 11.3 Å². The van der Waals surface area contributed by atoms with Crippen LogP contribution in [0.4, 0.5) is 5.69 Å². The van der Waals surface area contributed by atoms with Crippen LogP contribution in [-0.2, 0) is 0 Å². The summed E-state index contributed by atoms with van der Waals surface area (Å²) >= 11 is 1.78. The minimum atomic E-state index is 0.272. The minimum Gasteiger partial charge on any atom is -0.317 e. The number of thiophene rings is 1. The van der Waals surface area contributed by atoms with Gasteiger partial charge in [-0.1, -0.05) is 146 Å². The van der Waals surface area contributed by atoms with Gasteiger partial charge in [-0.3, -0.25) is 0 Å². The molecule has 0 saturated heterocycles. The summed E-state index contributed by atoms with van der Waals surface area (Å²) in [5.41, 5.74) is 11.2. The second kappa shape index (κ2) is 14.1. The Morgan fingerprint density at radius 1 is 0.333 bits per heavy atom. The number of benzene rings is 10. The fourth-order valence-electron chi connectivity index (χ4n) is 11.7. The van der Waals surface area contributed by atoms with Crippen molar-refractivity contribution in [2.24, 2.45) is 0 Å². The Morgan fingerprint density at radius 2 is 0.667 bits per heavy atom. The van der Waals surface area contributed by atoms with E-state index in [1.54, 1.807) is 11.3 Å². The number of fused-ring (bicyclic) bond motifs is 15. The molecule has 69 heavy (non-hydrogen) atoms. The van der Waals surface area contributed by atoms with Crippen molar-refractivity contribution >= 4 is 124 Å². The third kappa shape index (κ3) is 4.96. The molecular formula is C62H34N6S. The largest absolute Gasteiger partial charge is 0.317 e. The molecule has 0 atom stereocenters. The first-order chi connectivity index (χ1) is 34.2. The number of aromatic nitrogens is 4. The van der Waals surface area contributed by atoms with E-state index in [0.29, 0.717) is 16.9 Å². The number of rotatable bonds is 4. The van der Waals surface area contributed by atoms with E-state index in [1.165, 1.54) is 15.5 Å². The molecule has 0 saturated carbocycles.